The minimum absolute atomic E-state index is 0.252. The first-order chi connectivity index (χ1) is 12.8. The lowest BCUT2D eigenvalue weighted by Crippen LogP contribution is -2.21. The number of benzene rings is 1. The van der Waals surface area contributed by atoms with Gasteiger partial charge < -0.3 is 15.5 Å². The summed E-state index contributed by atoms with van der Waals surface area (Å²) in [5, 5.41) is 11.0. The smallest absolute Gasteiger partial charge is 0.142 e. The lowest BCUT2D eigenvalue weighted by Gasteiger charge is -2.19. The van der Waals surface area contributed by atoms with E-state index in [0.29, 0.717) is 6.61 Å². The number of hydrogen-bond donors (Lipinski definition) is 2. The molecule has 0 saturated heterocycles. The number of nitrogens with zero attached hydrogens (tertiary/aromatic N) is 2. The standard InChI is InChI=1S/C20H25FN4O/c1-2-3-4-12-22-19-10-9-17-18(11-13-23-20(17)24-19)25-26-14-15-5-7-16(21)8-6-15/h5-10H,2-4,11-14H2,1H3,(H2,22,23,24)/b25-18+. The predicted octanol–water partition coefficient (Wildman–Crippen LogP) is 4.56. The van der Waals surface area contributed by atoms with Crippen LogP contribution in [0.25, 0.3) is 0 Å². The number of unbranched alkanes of at least 4 members (excludes halogenated alkanes) is 2. The maximum absolute atomic E-state index is 12.9. The van der Waals surface area contributed by atoms with Gasteiger partial charge >= 0.3 is 0 Å². The fourth-order valence-electron chi connectivity index (χ4n) is 2.81. The van der Waals surface area contributed by atoms with Gasteiger partial charge in [0.05, 0.1) is 5.71 Å². The van der Waals surface area contributed by atoms with Crippen molar-refractivity contribution in [1.29, 1.82) is 0 Å². The molecule has 0 amide bonds. The highest BCUT2D eigenvalue weighted by molar-refractivity contribution is 6.05. The van der Waals surface area contributed by atoms with Crippen molar-refractivity contribution in [3.05, 3.63) is 53.3 Å². The third-order valence-corrected chi connectivity index (χ3v) is 4.27. The van der Waals surface area contributed by atoms with Crippen LogP contribution in [-0.2, 0) is 11.4 Å². The van der Waals surface area contributed by atoms with Crippen molar-refractivity contribution in [3.63, 3.8) is 0 Å². The molecular formula is C20H25FN4O. The molecule has 2 N–H and O–H groups in total. The van der Waals surface area contributed by atoms with Crippen molar-refractivity contribution in [1.82, 2.24) is 4.98 Å². The molecular weight excluding hydrogens is 331 g/mol. The summed E-state index contributed by atoms with van der Waals surface area (Å²) in [6.07, 6.45) is 4.35. The number of nitrogens with one attached hydrogen (secondary N) is 2. The highest BCUT2D eigenvalue weighted by atomic mass is 19.1. The molecule has 2 aromatic rings. The van der Waals surface area contributed by atoms with Crippen LogP contribution in [0, 0.1) is 5.82 Å². The summed E-state index contributed by atoms with van der Waals surface area (Å²) in [7, 11) is 0. The van der Waals surface area contributed by atoms with Gasteiger partial charge in [0.15, 0.2) is 0 Å². The molecule has 5 nitrogen and oxygen atoms in total. The molecule has 6 heteroatoms. The molecule has 0 saturated carbocycles. The average molecular weight is 356 g/mol. The number of hydrogen-bond acceptors (Lipinski definition) is 5. The van der Waals surface area contributed by atoms with Crippen LogP contribution in [0.15, 0.2) is 41.6 Å². The minimum Gasteiger partial charge on any atom is -0.391 e. The zero-order valence-electron chi connectivity index (χ0n) is 15.1. The van der Waals surface area contributed by atoms with Gasteiger partial charge in [0, 0.05) is 25.1 Å². The van der Waals surface area contributed by atoms with Gasteiger partial charge in [0.25, 0.3) is 0 Å². The first kappa shape index (κ1) is 18.2. The number of pyridine rings is 1. The molecule has 1 aliphatic rings. The van der Waals surface area contributed by atoms with E-state index in [1.807, 2.05) is 12.1 Å². The zero-order valence-corrected chi connectivity index (χ0v) is 15.1. The third kappa shape index (κ3) is 4.94. The third-order valence-electron chi connectivity index (χ3n) is 4.27. The lowest BCUT2D eigenvalue weighted by atomic mass is 10.1. The molecule has 0 fully saturated rings. The molecule has 3 rings (SSSR count). The molecule has 2 heterocycles. The van der Waals surface area contributed by atoms with Gasteiger partial charge in [-0.15, -0.1) is 0 Å². The number of anilines is 2. The van der Waals surface area contributed by atoms with Crippen molar-refractivity contribution in [2.75, 3.05) is 23.7 Å². The Morgan fingerprint density at radius 3 is 2.85 bits per heavy atom. The van der Waals surface area contributed by atoms with Gasteiger partial charge in [-0.1, -0.05) is 37.1 Å². The monoisotopic (exact) mass is 356 g/mol. The van der Waals surface area contributed by atoms with Crippen molar-refractivity contribution in [2.24, 2.45) is 5.16 Å². The number of rotatable bonds is 8. The van der Waals surface area contributed by atoms with Gasteiger partial charge in [-0.25, -0.2) is 9.37 Å². The van der Waals surface area contributed by atoms with Crippen molar-refractivity contribution in [2.45, 2.75) is 39.2 Å². The van der Waals surface area contributed by atoms with E-state index in [0.717, 1.165) is 54.4 Å². The first-order valence-corrected chi connectivity index (χ1v) is 9.18. The van der Waals surface area contributed by atoms with Crippen LogP contribution in [0.3, 0.4) is 0 Å². The summed E-state index contributed by atoms with van der Waals surface area (Å²) in [5.74, 6) is 1.46. The fourth-order valence-corrected chi connectivity index (χ4v) is 2.81. The van der Waals surface area contributed by atoms with Crippen LogP contribution in [0.1, 0.15) is 43.7 Å². The molecule has 138 valence electrons. The summed E-state index contributed by atoms with van der Waals surface area (Å²) in [6, 6.07) is 10.2. The molecule has 0 radical (unpaired) electrons. The summed E-state index contributed by atoms with van der Waals surface area (Å²) in [6.45, 7) is 4.22. The normalized spacial score (nSPS) is 14.6. The van der Waals surface area contributed by atoms with Gasteiger partial charge in [-0.05, 0) is 36.2 Å². The second kappa shape index (κ2) is 9.17. The van der Waals surface area contributed by atoms with E-state index >= 15 is 0 Å². The van der Waals surface area contributed by atoms with Crippen LogP contribution in [-0.4, -0.2) is 23.8 Å². The van der Waals surface area contributed by atoms with E-state index < -0.39 is 0 Å². The highest BCUT2D eigenvalue weighted by Gasteiger charge is 2.17. The van der Waals surface area contributed by atoms with Crippen LogP contribution < -0.4 is 10.6 Å². The van der Waals surface area contributed by atoms with E-state index in [1.165, 1.54) is 25.0 Å². The van der Waals surface area contributed by atoms with E-state index in [-0.39, 0.29) is 5.82 Å². The SMILES string of the molecule is CCCCCNc1ccc2c(n1)NCC/C2=N\OCc1ccc(F)cc1. The molecule has 1 aliphatic heterocycles. The fraction of sp³-hybridized carbons (Fsp3) is 0.400. The summed E-state index contributed by atoms with van der Waals surface area (Å²) in [4.78, 5) is 10.1. The van der Waals surface area contributed by atoms with Crippen LogP contribution in [0.4, 0.5) is 16.0 Å². The molecule has 0 unspecified atom stereocenters. The van der Waals surface area contributed by atoms with Gasteiger partial charge in [0.2, 0.25) is 0 Å². The number of halogens is 1. The summed E-state index contributed by atoms with van der Waals surface area (Å²) >= 11 is 0. The van der Waals surface area contributed by atoms with Crippen LogP contribution in [0.2, 0.25) is 0 Å². The Morgan fingerprint density at radius 2 is 2.04 bits per heavy atom. The summed E-state index contributed by atoms with van der Waals surface area (Å²) in [5.41, 5.74) is 2.73. The summed E-state index contributed by atoms with van der Waals surface area (Å²) < 4.78 is 12.9. The Balaban J connectivity index is 1.61. The number of fused-ring (bicyclic) bond motifs is 1. The lowest BCUT2D eigenvalue weighted by molar-refractivity contribution is 0.130. The van der Waals surface area contributed by atoms with E-state index in [9.17, 15) is 4.39 Å². The molecule has 0 bridgehead atoms. The Bertz CT molecular complexity index is 746. The van der Waals surface area contributed by atoms with E-state index in [1.54, 1.807) is 12.1 Å². The van der Waals surface area contributed by atoms with Crippen molar-refractivity contribution >= 4 is 17.3 Å². The number of aromatic nitrogens is 1. The van der Waals surface area contributed by atoms with Crippen LogP contribution in [0.5, 0.6) is 0 Å². The first-order valence-electron chi connectivity index (χ1n) is 9.18. The quantitative estimate of drug-likeness (QED) is 0.538. The van der Waals surface area contributed by atoms with Crippen LogP contribution >= 0.6 is 0 Å². The zero-order chi connectivity index (χ0) is 18.2. The Kier molecular flexibility index (Phi) is 6.41. The second-order valence-electron chi connectivity index (χ2n) is 6.34. The predicted molar refractivity (Wildman–Crippen MR) is 103 cm³/mol. The topological polar surface area (TPSA) is 58.5 Å². The Labute approximate surface area is 153 Å². The average Bonchev–Trinajstić information content (AvgIpc) is 2.67. The van der Waals surface area contributed by atoms with Crippen molar-refractivity contribution < 1.29 is 9.23 Å². The highest BCUT2D eigenvalue weighted by Crippen LogP contribution is 2.23. The molecule has 26 heavy (non-hydrogen) atoms. The van der Waals surface area contributed by atoms with Gasteiger partial charge in [-0.3, -0.25) is 0 Å². The second-order valence-corrected chi connectivity index (χ2v) is 6.34. The van der Waals surface area contributed by atoms with Crippen molar-refractivity contribution in [3.8, 4) is 0 Å². The Hall–Kier alpha value is -2.63. The maximum atomic E-state index is 12.9. The number of oxime groups is 1. The van der Waals surface area contributed by atoms with E-state index in [2.05, 4.69) is 27.7 Å². The van der Waals surface area contributed by atoms with Gasteiger partial charge in [-0.2, -0.15) is 0 Å². The molecule has 1 aromatic carbocycles. The van der Waals surface area contributed by atoms with E-state index in [4.69, 9.17) is 4.84 Å². The maximum Gasteiger partial charge on any atom is 0.142 e. The molecule has 1 aromatic heterocycles. The molecule has 0 aliphatic carbocycles. The largest absolute Gasteiger partial charge is 0.391 e. The molecule has 0 atom stereocenters. The molecule has 0 spiro atoms. The minimum atomic E-state index is -0.252. The Morgan fingerprint density at radius 1 is 1.19 bits per heavy atom. The van der Waals surface area contributed by atoms with Gasteiger partial charge in [0.1, 0.15) is 24.1 Å².